The number of rotatable bonds is 9. The number of hydrogen-bond donors (Lipinski definition) is 2. The molecule has 0 amide bonds. The van der Waals surface area contributed by atoms with Gasteiger partial charge in [0.15, 0.2) is 0 Å². The van der Waals surface area contributed by atoms with Crippen molar-refractivity contribution in [2.75, 3.05) is 6.54 Å². The Morgan fingerprint density at radius 2 is 1.69 bits per heavy atom. The second-order valence-electron chi connectivity index (χ2n) is 9.79. The van der Waals surface area contributed by atoms with Gasteiger partial charge < -0.3 is 10.6 Å². The lowest BCUT2D eigenvalue weighted by Crippen LogP contribution is -2.22. The molecular formula is C26H38N2S. The molecule has 2 N–H and O–H groups in total. The number of fused-ring (bicyclic) bond motifs is 1. The molecule has 0 fully saturated rings. The first kappa shape index (κ1) is 23.4. The zero-order valence-corrected chi connectivity index (χ0v) is 19.8. The highest BCUT2D eigenvalue weighted by Crippen LogP contribution is 2.25. The fraction of sp³-hybridized carbons (Fsp3) is 0.462. The first-order valence-electron chi connectivity index (χ1n) is 10.6. The Morgan fingerprint density at radius 1 is 0.966 bits per heavy atom. The predicted molar refractivity (Wildman–Crippen MR) is 131 cm³/mol. The van der Waals surface area contributed by atoms with Gasteiger partial charge in [-0.05, 0) is 41.0 Å². The van der Waals surface area contributed by atoms with Gasteiger partial charge in [0, 0.05) is 28.7 Å². The van der Waals surface area contributed by atoms with Crippen molar-refractivity contribution in [1.82, 2.24) is 10.6 Å². The van der Waals surface area contributed by atoms with Crippen molar-refractivity contribution in [2.45, 2.75) is 60.5 Å². The van der Waals surface area contributed by atoms with E-state index in [1.165, 1.54) is 15.0 Å². The van der Waals surface area contributed by atoms with E-state index in [1.807, 2.05) is 11.3 Å². The van der Waals surface area contributed by atoms with Gasteiger partial charge in [-0.25, -0.2) is 0 Å². The van der Waals surface area contributed by atoms with E-state index in [2.05, 4.69) is 119 Å². The normalized spacial score (nSPS) is 14.6. The third-order valence-electron chi connectivity index (χ3n) is 4.30. The van der Waals surface area contributed by atoms with E-state index in [9.17, 15) is 0 Å². The van der Waals surface area contributed by atoms with Crippen molar-refractivity contribution in [3.63, 3.8) is 0 Å². The summed E-state index contributed by atoms with van der Waals surface area (Å²) >= 11 is 1.87. The molecule has 0 bridgehead atoms. The quantitative estimate of drug-likeness (QED) is 0.341. The Labute approximate surface area is 181 Å². The van der Waals surface area contributed by atoms with E-state index in [1.54, 1.807) is 0 Å². The average Bonchev–Trinajstić information content (AvgIpc) is 3.03. The molecule has 0 aliphatic carbocycles. The van der Waals surface area contributed by atoms with Gasteiger partial charge in [0.1, 0.15) is 0 Å². The molecule has 1 atom stereocenters. The molecule has 29 heavy (non-hydrogen) atoms. The minimum absolute atomic E-state index is 0.198. The highest BCUT2D eigenvalue weighted by Gasteiger charge is 2.08. The van der Waals surface area contributed by atoms with Crippen LogP contribution >= 0.6 is 11.3 Å². The molecule has 0 aliphatic heterocycles. The predicted octanol–water partition coefficient (Wildman–Crippen LogP) is 7.06. The second-order valence-corrected chi connectivity index (χ2v) is 11.0. The summed E-state index contributed by atoms with van der Waals surface area (Å²) < 4.78 is 1.36. The lowest BCUT2D eigenvalue weighted by atomic mass is 9.93. The van der Waals surface area contributed by atoms with Gasteiger partial charge >= 0.3 is 0 Å². The maximum absolute atomic E-state index is 3.54. The molecule has 1 heterocycles. The summed E-state index contributed by atoms with van der Waals surface area (Å²) in [5.41, 5.74) is 0.424. The van der Waals surface area contributed by atoms with Crippen LogP contribution in [0.5, 0.6) is 0 Å². The third-order valence-corrected chi connectivity index (χ3v) is 5.42. The molecule has 2 aromatic rings. The highest BCUT2D eigenvalue weighted by molar-refractivity contribution is 7.19. The first-order chi connectivity index (χ1) is 13.6. The molecule has 0 saturated heterocycles. The summed E-state index contributed by atoms with van der Waals surface area (Å²) in [6.07, 6.45) is 14.4. The van der Waals surface area contributed by atoms with E-state index >= 15 is 0 Å². The van der Waals surface area contributed by atoms with E-state index in [-0.39, 0.29) is 10.8 Å². The summed E-state index contributed by atoms with van der Waals surface area (Å²) in [6, 6.07) is 11.2. The van der Waals surface area contributed by atoms with Gasteiger partial charge in [-0.15, -0.1) is 11.3 Å². The lowest BCUT2D eigenvalue weighted by molar-refractivity contribution is 0.533. The Kier molecular flexibility index (Phi) is 8.73. The summed E-state index contributed by atoms with van der Waals surface area (Å²) in [5.74, 6) is 0. The van der Waals surface area contributed by atoms with Crippen molar-refractivity contribution in [3.05, 3.63) is 71.8 Å². The van der Waals surface area contributed by atoms with E-state index in [0.717, 1.165) is 19.5 Å². The van der Waals surface area contributed by atoms with Crippen LogP contribution in [0.25, 0.3) is 10.1 Å². The largest absolute Gasteiger partial charge is 0.385 e. The maximum atomic E-state index is 3.54. The van der Waals surface area contributed by atoms with Crippen LogP contribution in [-0.4, -0.2) is 12.6 Å². The zero-order chi connectivity index (χ0) is 21.3. The number of allylic oxidation sites excluding steroid dienone is 2. The Balaban J connectivity index is 1.80. The summed E-state index contributed by atoms with van der Waals surface area (Å²) in [7, 11) is 0. The molecule has 2 rings (SSSR count). The summed E-state index contributed by atoms with van der Waals surface area (Å²) in [6.45, 7) is 15.2. The molecule has 0 spiro atoms. The molecule has 1 unspecified atom stereocenters. The molecule has 158 valence electrons. The van der Waals surface area contributed by atoms with Gasteiger partial charge in [-0.2, -0.15) is 0 Å². The molecule has 0 saturated carbocycles. The monoisotopic (exact) mass is 410 g/mol. The zero-order valence-electron chi connectivity index (χ0n) is 19.0. The maximum Gasteiger partial charge on any atom is 0.0473 e. The minimum atomic E-state index is 0.198. The van der Waals surface area contributed by atoms with Crippen molar-refractivity contribution in [3.8, 4) is 0 Å². The van der Waals surface area contributed by atoms with Crippen LogP contribution in [0.4, 0.5) is 0 Å². The van der Waals surface area contributed by atoms with Gasteiger partial charge in [0.25, 0.3) is 0 Å². The molecular weight excluding hydrogens is 372 g/mol. The van der Waals surface area contributed by atoms with Crippen LogP contribution in [0.3, 0.4) is 0 Å². The van der Waals surface area contributed by atoms with E-state index < -0.39 is 0 Å². The number of hydrogen-bond acceptors (Lipinski definition) is 3. The summed E-state index contributed by atoms with van der Waals surface area (Å²) in [4.78, 5) is 1.38. The smallest absolute Gasteiger partial charge is 0.0473 e. The SMILES string of the molecule is CC(C)(C)/C=C/CC(/C=C/C(C)(C)C)N/C=C/CNCc1cc2ccccc2s1. The van der Waals surface area contributed by atoms with Crippen LogP contribution in [0.1, 0.15) is 52.8 Å². The highest BCUT2D eigenvalue weighted by atomic mass is 32.1. The fourth-order valence-electron chi connectivity index (χ4n) is 2.83. The van der Waals surface area contributed by atoms with E-state index in [0.29, 0.717) is 6.04 Å². The molecule has 3 heteroatoms. The van der Waals surface area contributed by atoms with Gasteiger partial charge in [0.05, 0.1) is 0 Å². The van der Waals surface area contributed by atoms with Crippen molar-refractivity contribution >= 4 is 21.4 Å². The Bertz CT molecular complexity index is 795. The Hall–Kier alpha value is -1.84. The lowest BCUT2D eigenvalue weighted by Gasteiger charge is -2.17. The molecule has 2 nitrogen and oxygen atoms in total. The third kappa shape index (κ3) is 9.96. The van der Waals surface area contributed by atoms with Crippen LogP contribution in [0.2, 0.25) is 0 Å². The van der Waals surface area contributed by atoms with Crippen molar-refractivity contribution in [1.29, 1.82) is 0 Å². The van der Waals surface area contributed by atoms with Crippen molar-refractivity contribution in [2.24, 2.45) is 10.8 Å². The fourth-order valence-corrected chi connectivity index (χ4v) is 3.86. The summed E-state index contributed by atoms with van der Waals surface area (Å²) in [5, 5.41) is 8.39. The van der Waals surface area contributed by atoms with Crippen LogP contribution < -0.4 is 10.6 Å². The van der Waals surface area contributed by atoms with Crippen molar-refractivity contribution < 1.29 is 0 Å². The topological polar surface area (TPSA) is 24.1 Å². The Morgan fingerprint density at radius 3 is 2.38 bits per heavy atom. The molecule has 0 aliphatic rings. The minimum Gasteiger partial charge on any atom is -0.385 e. The first-order valence-corrected chi connectivity index (χ1v) is 11.4. The number of thiophene rings is 1. The number of nitrogens with one attached hydrogen (secondary N) is 2. The van der Waals surface area contributed by atoms with Crippen LogP contribution in [-0.2, 0) is 6.54 Å². The van der Waals surface area contributed by atoms with Crippen LogP contribution in [0, 0.1) is 10.8 Å². The standard InChI is InChI=1S/C26H38N2S/c1-25(2,3)15-9-12-22(14-16-26(4,5)6)28-18-10-17-27-20-23-19-21-11-7-8-13-24(21)29-23/h7-11,13-16,18-19,22,27-28H,12,17,20H2,1-6H3/b15-9+,16-14+,18-10+. The second kappa shape index (κ2) is 10.8. The molecule has 0 radical (unpaired) electrons. The number of benzene rings is 1. The average molecular weight is 411 g/mol. The van der Waals surface area contributed by atoms with Gasteiger partial charge in [-0.1, -0.05) is 90.1 Å². The molecule has 1 aromatic heterocycles. The van der Waals surface area contributed by atoms with Gasteiger partial charge in [0.2, 0.25) is 0 Å². The van der Waals surface area contributed by atoms with Gasteiger partial charge in [-0.3, -0.25) is 0 Å². The van der Waals surface area contributed by atoms with E-state index in [4.69, 9.17) is 0 Å². The molecule has 1 aromatic carbocycles. The van der Waals surface area contributed by atoms with Crippen LogP contribution in [0.15, 0.2) is 66.9 Å².